The Labute approximate surface area is 154 Å². The molecule has 0 bridgehead atoms. The van der Waals surface area contributed by atoms with Gasteiger partial charge < -0.3 is 16.0 Å². The van der Waals surface area contributed by atoms with Crippen molar-refractivity contribution in [1.82, 2.24) is 4.90 Å². The van der Waals surface area contributed by atoms with Crippen molar-refractivity contribution in [3.05, 3.63) is 59.6 Å². The number of hydrogen-bond donors (Lipinski definition) is 2. The van der Waals surface area contributed by atoms with Crippen LogP contribution in [0.2, 0.25) is 5.02 Å². The van der Waals surface area contributed by atoms with E-state index in [4.69, 9.17) is 17.3 Å². The zero-order chi connectivity index (χ0) is 17.5. The fourth-order valence-electron chi connectivity index (χ4n) is 2.92. The largest absolute Gasteiger partial charge is 0.370 e. The highest BCUT2D eigenvalue weighted by atomic mass is 35.5. The van der Waals surface area contributed by atoms with Crippen LogP contribution < -0.4 is 16.0 Å². The van der Waals surface area contributed by atoms with E-state index >= 15 is 0 Å². The van der Waals surface area contributed by atoms with Gasteiger partial charge in [-0.2, -0.15) is 0 Å². The van der Waals surface area contributed by atoms with Gasteiger partial charge in [0.15, 0.2) is 5.96 Å². The maximum absolute atomic E-state index is 6.08. The first-order valence-corrected chi connectivity index (χ1v) is 8.93. The molecule has 0 aliphatic carbocycles. The first-order chi connectivity index (χ1) is 12.2. The number of nitrogens with one attached hydrogen (secondary N) is 1. The number of guanidine groups is 1. The van der Waals surface area contributed by atoms with Gasteiger partial charge in [-0.1, -0.05) is 35.9 Å². The van der Waals surface area contributed by atoms with E-state index in [1.54, 1.807) is 0 Å². The summed E-state index contributed by atoms with van der Waals surface area (Å²) in [5, 5.41) is 3.89. The van der Waals surface area contributed by atoms with Crippen molar-refractivity contribution in [2.75, 3.05) is 49.5 Å². The summed E-state index contributed by atoms with van der Waals surface area (Å²) >= 11 is 6.08. The van der Waals surface area contributed by atoms with Gasteiger partial charge in [0.05, 0.1) is 6.54 Å². The zero-order valence-electron chi connectivity index (χ0n) is 14.2. The molecule has 25 heavy (non-hydrogen) atoms. The average molecular weight is 358 g/mol. The summed E-state index contributed by atoms with van der Waals surface area (Å²) in [5.74, 6) is 0.462. The first kappa shape index (κ1) is 17.6. The minimum atomic E-state index is 0.462. The second-order valence-corrected chi connectivity index (χ2v) is 6.50. The van der Waals surface area contributed by atoms with Crippen molar-refractivity contribution in [1.29, 1.82) is 0 Å². The molecule has 2 aromatic rings. The van der Waals surface area contributed by atoms with Gasteiger partial charge in [0, 0.05) is 49.1 Å². The summed E-state index contributed by atoms with van der Waals surface area (Å²) in [4.78, 5) is 9.20. The predicted molar refractivity (Wildman–Crippen MR) is 107 cm³/mol. The monoisotopic (exact) mass is 357 g/mol. The van der Waals surface area contributed by atoms with Gasteiger partial charge >= 0.3 is 0 Å². The lowest BCUT2D eigenvalue weighted by Gasteiger charge is -2.35. The maximum atomic E-state index is 6.08. The standard InChI is InChI=1S/C19H24ClN5/c20-16-5-4-8-18(15-16)25-13-11-24(12-14-25)10-9-22-19(21)23-17-6-2-1-3-7-17/h1-8,15H,9-14H2,(H3,21,22,23). The van der Waals surface area contributed by atoms with Crippen molar-refractivity contribution < 1.29 is 0 Å². The molecular weight excluding hydrogens is 334 g/mol. The SMILES string of the molecule is NC(=NCCN1CCN(c2cccc(Cl)c2)CC1)Nc1ccccc1. The molecular formula is C19H24ClN5. The van der Waals surface area contributed by atoms with Gasteiger partial charge in [-0.05, 0) is 30.3 Å². The number of nitrogens with zero attached hydrogens (tertiary/aromatic N) is 3. The highest BCUT2D eigenvalue weighted by Crippen LogP contribution is 2.20. The number of piperazine rings is 1. The molecule has 1 aliphatic heterocycles. The maximum Gasteiger partial charge on any atom is 0.193 e. The van der Waals surface area contributed by atoms with Crippen molar-refractivity contribution in [2.45, 2.75) is 0 Å². The molecule has 0 atom stereocenters. The Morgan fingerprint density at radius 1 is 1.04 bits per heavy atom. The van der Waals surface area contributed by atoms with Crippen molar-refractivity contribution in [2.24, 2.45) is 10.7 Å². The molecule has 1 fully saturated rings. The Morgan fingerprint density at radius 2 is 1.80 bits per heavy atom. The smallest absolute Gasteiger partial charge is 0.193 e. The lowest BCUT2D eigenvalue weighted by Crippen LogP contribution is -2.47. The van der Waals surface area contributed by atoms with Crippen molar-refractivity contribution in [3.63, 3.8) is 0 Å². The first-order valence-electron chi connectivity index (χ1n) is 8.55. The summed E-state index contributed by atoms with van der Waals surface area (Å²) < 4.78 is 0. The Morgan fingerprint density at radius 3 is 2.52 bits per heavy atom. The third-order valence-electron chi connectivity index (χ3n) is 4.29. The van der Waals surface area contributed by atoms with Crippen molar-refractivity contribution >= 4 is 28.9 Å². The number of rotatable bonds is 5. The Kier molecular flexibility index (Phi) is 6.14. The van der Waals surface area contributed by atoms with Crippen molar-refractivity contribution in [3.8, 4) is 0 Å². The Bertz CT molecular complexity index is 696. The molecule has 3 rings (SSSR count). The normalized spacial score (nSPS) is 16.0. The number of anilines is 2. The minimum Gasteiger partial charge on any atom is -0.370 e. The fourth-order valence-corrected chi connectivity index (χ4v) is 3.11. The summed E-state index contributed by atoms with van der Waals surface area (Å²) in [6.45, 7) is 5.66. The molecule has 0 aromatic heterocycles. The third kappa shape index (κ3) is 5.37. The van der Waals surface area contributed by atoms with Gasteiger partial charge in [0.1, 0.15) is 0 Å². The summed E-state index contributed by atoms with van der Waals surface area (Å²) in [6, 6.07) is 17.9. The molecule has 1 heterocycles. The van der Waals surface area contributed by atoms with E-state index in [0.717, 1.165) is 43.4 Å². The topological polar surface area (TPSA) is 56.9 Å². The van der Waals surface area contributed by atoms with Gasteiger partial charge in [0.25, 0.3) is 0 Å². The lowest BCUT2D eigenvalue weighted by atomic mass is 10.2. The second kappa shape index (κ2) is 8.74. The molecule has 132 valence electrons. The molecule has 1 aliphatic rings. The average Bonchev–Trinajstić information content (AvgIpc) is 2.63. The zero-order valence-corrected chi connectivity index (χ0v) is 15.0. The third-order valence-corrected chi connectivity index (χ3v) is 4.53. The molecule has 3 N–H and O–H groups in total. The van der Waals surface area contributed by atoms with Crippen LogP contribution in [0, 0.1) is 0 Å². The van der Waals surface area contributed by atoms with E-state index in [1.165, 1.54) is 5.69 Å². The predicted octanol–water partition coefficient (Wildman–Crippen LogP) is 2.89. The van der Waals surface area contributed by atoms with Crippen LogP contribution >= 0.6 is 11.6 Å². The molecule has 0 spiro atoms. The summed E-state index contributed by atoms with van der Waals surface area (Å²) in [5.41, 5.74) is 8.09. The van der Waals surface area contributed by atoms with Crippen LogP contribution in [0.5, 0.6) is 0 Å². The van der Waals surface area contributed by atoms with E-state index in [-0.39, 0.29) is 0 Å². The van der Waals surface area contributed by atoms with E-state index in [0.29, 0.717) is 12.5 Å². The van der Waals surface area contributed by atoms with Crippen LogP contribution in [0.25, 0.3) is 0 Å². The highest BCUT2D eigenvalue weighted by molar-refractivity contribution is 6.30. The van der Waals surface area contributed by atoms with E-state index in [2.05, 4.69) is 26.2 Å². The van der Waals surface area contributed by atoms with Crippen LogP contribution in [0.15, 0.2) is 59.6 Å². The number of nitrogens with two attached hydrogens (primary N) is 1. The highest BCUT2D eigenvalue weighted by Gasteiger charge is 2.16. The van der Waals surface area contributed by atoms with E-state index in [9.17, 15) is 0 Å². The minimum absolute atomic E-state index is 0.462. The number of halogens is 1. The molecule has 2 aromatic carbocycles. The van der Waals surface area contributed by atoms with E-state index < -0.39 is 0 Å². The van der Waals surface area contributed by atoms with Gasteiger partial charge in [0.2, 0.25) is 0 Å². The molecule has 0 unspecified atom stereocenters. The van der Waals surface area contributed by atoms with Gasteiger partial charge in [-0.15, -0.1) is 0 Å². The molecule has 0 amide bonds. The van der Waals surface area contributed by atoms with Crippen LogP contribution in [-0.4, -0.2) is 50.1 Å². The Hall–Kier alpha value is -2.24. The quantitative estimate of drug-likeness (QED) is 0.638. The van der Waals surface area contributed by atoms with Gasteiger partial charge in [-0.3, -0.25) is 9.89 Å². The fraction of sp³-hybridized carbons (Fsp3) is 0.316. The molecule has 0 saturated carbocycles. The van der Waals surface area contributed by atoms with Crippen LogP contribution in [-0.2, 0) is 0 Å². The molecule has 1 saturated heterocycles. The van der Waals surface area contributed by atoms with Gasteiger partial charge in [-0.25, -0.2) is 0 Å². The lowest BCUT2D eigenvalue weighted by molar-refractivity contribution is 0.265. The number of benzene rings is 2. The second-order valence-electron chi connectivity index (χ2n) is 6.07. The summed E-state index contributed by atoms with van der Waals surface area (Å²) in [7, 11) is 0. The Balaban J connectivity index is 1.41. The van der Waals surface area contributed by atoms with Crippen LogP contribution in [0.1, 0.15) is 0 Å². The van der Waals surface area contributed by atoms with Crippen LogP contribution in [0.3, 0.4) is 0 Å². The number of aliphatic imine (C=N–C) groups is 1. The number of hydrogen-bond acceptors (Lipinski definition) is 3. The summed E-state index contributed by atoms with van der Waals surface area (Å²) in [6.07, 6.45) is 0. The number of para-hydroxylation sites is 1. The van der Waals surface area contributed by atoms with Crippen LogP contribution in [0.4, 0.5) is 11.4 Å². The molecule has 0 radical (unpaired) electrons. The molecule has 5 nitrogen and oxygen atoms in total. The van der Waals surface area contributed by atoms with E-state index in [1.807, 2.05) is 48.5 Å². The molecule has 6 heteroatoms.